The number of hydrogen-bond donors (Lipinski definition) is 3. The zero-order chi connectivity index (χ0) is 15.5. The van der Waals surface area contributed by atoms with Crippen molar-refractivity contribution < 1.29 is 14.5 Å². The van der Waals surface area contributed by atoms with Crippen LogP contribution in [0, 0.1) is 10.1 Å². The second-order valence-electron chi connectivity index (χ2n) is 4.26. The monoisotopic (exact) mass is 296 g/mol. The van der Waals surface area contributed by atoms with E-state index in [0.29, 0.717) is 26.2 Å². The number of nitrogens with zero attached hydrogens (tertiary/aromatic N) is 1. The molecule has 0 heterocycles. The zero-order valence-electron chi connectivity index (χ0n) is 11.9. The van der Waals surface area contributed by atoms with Gasteiger partial charge in [0.1, 0.15) is 0 Å². The van der Waals surface area contributed by atoms with Crippen LogP contribution in [0.3, 0.4) is 0 Å². The Hall–Kier alpha value is -2.35. The second-order valence-corrected chi connectivity index (χ2v) is 4.26. The number of nitro benzene ring substituents is 1. The van der Waals surface area contributed by atoms with Crippen molar-refractivity contribution in [1.82, 2.24) is 10.6 Å². The van der Waals surface area contributed by atoms with Crippen molar-refractivity contribution in [3.05, 3.63) is 34.4 Å². The van der Waals surface area contributed by atoms with Gasteiger partial charge < -0.3 is 20.7 Å². The van der Waals surface area contributed by atoms with Gasteiger partial charge in [-0.1, -0.05) is 0 Å². The van der Waals surface area contributed by atoms with E-state index in [1.165, 1.54) is 12.1 Å². The Bertz CT molecular complexity index is 450. The average molecular weight is 296 g/mol. The third-order valence-electron chi connectivity index (χ3n) is 2.63. The van der Waals surface area contributed by atoms with Gasteiger partial charge in [-0.3, -0.25) is 10.1 Å². The molecule has 0 bridgehead atoms. The maximum Gasteiger partial charge on any atom is 0.314 e. The maximum absolute atomic E-state index is 11.4. The molecule has 0 aliphatic rings. The Morgan fingerprint density at radius 3 is 2.48 bits per heavy atom. The van der Waals surface area contributed by atoms with Gasteiger partial charge in [0.05, 0.1) is 4.92 Å². The van der Waals surface area contributed by atoms with Crippen LogP contribution >= 0.6 is 0 Å². The lowest BCUT2D eigenvalue weighted by molar-refractivity contribution is -0.384. The van der Waals surface area contributed by atoms with Crippen molar-refractivity contribution in [3.8, 4) is 0 Å². The molecular weight excluding hydrogens is 276 g/mol. The van der Waals surface area contributed by atoms with Gasteiger partial charge in [0.15, 0.2) is 0 Å². The van der Waals surface area contributed by atoms with Gasteiger partial charge in [0, 0.05) is 51.2 Å². The molecule has 1 aromatic carbocycles. The van der Waals surface area contributed by atoms with Crippen molar-refractivity contribution in [2.75, 3.05) is 38.7 Å². The molecule has 0 aromatic heterocycles. The molecule has 8 heteroatoms. The standard InChI is InChI=1S/C13H20N4O4/c1-21-10-2-7-15-13(18)16-9-8-14-11-3-5-12(6-4-11)17(19)20/h3-6,14H,2,7-10H2,1H3,(H2,15,16,18). The molecule has 0 saturated carbocycles. The van der Waals surface area contributed by atoms with E-state index >= 15 is 0 Å². The molecular formula is C13H20N4O4. The van der Waals surface area contributed by atoms with Crippen LogP contribution in [0.15, 0.2) is 24.3 Å². The van der Waals surface area contributed by atoms with Crippen LogP contribution in [-0.4, -0.2) is 44.3 Å². The Labute approximate surface area is 123 Å². The quantitative estimate of drug-likeness (QED) is 0.362. The van der Waals surface area contributed by atoms with Crippen LogP contribution in [0.5, 0.6) is 0 Å². The lowest BCUT2D eigenvalue weighted by atomic mass is 10.3. The summed E-state index contributed by atoms with van der Waals surface area (Å²) in [4.78, 5) is 21.4. The summed E-state index contributed by atoms with van der Waals surface area (Å²) in [5.74, 6) is 0. The van der Waals surface area contributed by atoms with E-state index in [1.54, 1.807) is 19.2 Å². The number of nitrogens with one attached hydrogen (secondary N) is 3. The van der Waals surface area contributed by atoms with E-state index in [9.17, 15) is 14.9 Å². The van der Waals surface area contributed by atoms with Gasteiger partial charge >= 0.3 is 6.03 Å². The number of methoxy groups -OCH3 is 1. The highest BCUT2D eigenvalue weighted by atomic mass is 16.6. The molecule has 8 nitrogen and oxygen atoms in total. The Kier molecular flexibility index (Phi) is 7.59. The van der Waals surface area contributed by atoms with Crippen LogP contribution in [0.4, 0.5) is 16.2 Å². The first kappa shape index (κ1) is 16.7. The predicted octanol–water partition coefficient (Wildman–Crippen LogP) is 1.34. The number of urea groups is 1. The number of ether oxygens (including phenoxy) is 1. The summed E-state index contributed by atoms with van der Waals surface area (Å²) >= 11 is 0. The summed E-state index contributed by atoms with van der Waals surface area (Å²) in [5, 5.41) is 19.0. The van der Waals surface area contributed by atoms with Crippen molar-refractivity contribution in [2.24, 2.45) is 0 Å². The lowest BCUT2D eigenvalue weighted by Crippen LogP contribution is -2.38. The fourth-order valence-corrected chi connectivity index (χ4v) is 1.56. The summed E-state index contributed by atoms with van der Waals surface area (Å²) in [6.07, 6.45) is 0.769. The van der Waals surface area contributed by atoms with Crippen LogP contribution in [0.25, 0.3) is 0 Å². The highest BCUT2D eigenvalue weighted by molar-refractivity contribution is 5.73. The van der Waals surface area contributed by atoms with E-state index in [1.807, 2.05) is 0 Å². The minimum Gasteiger partial charge on any atom is -0.385 e. The smallest absolute Gasteiger partial charge is 0.314 e. The molecule has 0 atom stereocenters. The van der Waals surface area contributed by atoms with Crippen LogP contribution in [0.1, 0.15) is 6.42 Å². The van der Waals surface area contributed by atoms with Gasteiger partial charge in [-0.2, -0.15) is 0 Å². The molecule has 3 N–H and O–H groups in total. The van der Waals surface area contributed by atoms with Gasteiger partial charge in [-0.15, -0.1) is 0 Å². The Balaban J connectivity index is 2.13. The van der Waals surface area contributed by atoms with Gasteiger partial charge in [0.25, 0.3) is 5.69 Å². The highest BCUT2D eigenvalue weighted by Gasteiger charge is 2.03. The van der Waals surface area contributed by atoms with Gasteiger partial charge in [0.2, 0.25) is 0 Å². The SMILES string of the molecule is COCCCNC(=O)NCCNc1ccc([N+](=O)[O-])cc1. The van der Waals surface area contributed by atoms with Gasteiger partial charge in [-0.25, -0.2) is 4.79 Å². The van der Waals surface area contributed by atoms with Crippen molar-refractivity contribution in [3.63, 3.8) is 0 Å². The number of carbonyl (C=O) groups excluding carboxylic acids is 1. The number of anilines is 1. The number of carbonyl (C=O) groups is 1. The van der Waals surface area contributed by atoms with E-state index < -0.39 is 4.92 Å². The number of nitro groups is 1. The third kappa shape index (κ3) is 7.11. The Morgan fingerprint density at radius 2 is 1.86 bits per heavy atom. The number of rotatable bonds is 9. The molecule has 2 amide bonds. The molecule has 116 valence electrons. The minimum absolute atomic E-state index is 0.0501. The largest absolute Gasteiger partial charge is 0.385 e. The van der Waals surface area contributed by atoms with Crippen molar-refractivity contribution in [2.45, 2.75) is 6.42 Å². The third-order valence-corrected chi connectivity index (χ3v) is 2.63. The molecule has 1 rings (SSSR count). The van der Waals surface area contributed by atoms with E-state index in [-0.39, 0.29) is 11.7 Å². The summed E-state index contributed by atoms with van der Waals surface area (Å²) in [6.45, 7) is 2.16. The minimum atomic E-state index is -0.445. The van der Waals surface area contributed by atoms with Crippen molar-refractivity contribution in [1.29, 1.82) is 0 Å². The molecule has 0 fully saturated rings. The summed E-state index contributed by atoms with van der Waals surface area (Å²) < 4.78 is 4.87. The number of hydrogen-bond acceptors (Lipinski definition) is 5. The molecule has 0 radical (unpaired) electrons. The summed E-state index contributed by atoms with van der Waals surface area (Å²) in [6, 6.07) is 5.89. The normalized spacial score (nSPS) is 9.95. The fourth-order valence-electron chi connectivity index (χ4n) is 1.56. The summed E-state index contributed by atoms with van der Waals surface area (Å²) in [5.41, 5.74) is 0.817. The molecule has 1 aromatic rings. The van der Waals surface area contributed by atoms with Gasteiger partial charge in [-0.05, 0) is 18.6 Å². The van der Waals surface area contributed by atoms with Crippen LogP contribution in [-0.2, 0) is 4.74 Å². The lowest BCUT2D eigenvalue weighted by Gasteiger charge is -2.09. The van der Waals surface area contributed by atoms with Crippen LogP contribution < -0.4 is 16.0 Å². The van der Waals surface area contributed by atoms with E-state index in [0.717, 1.165) is 12.1 Å². The maximum atomic E-state index is 11.4. The molecule has 0 aliphatic carbocycles. The van der Waals surface area contributed by atoms with Crippen LogP contribution in [0.2, 0.25) is 0 Å². The zero-order valence-corrected chi connectivity index (χ0v) is 11.9. The first-order valence-electron chi connectivity index (χ1n) is 6.62. The molecule has 0 spiro atoms. The fraction of sp³-hybridized carbons (Fsp3) is 0.462. The Morgan fingerprint density at radius 1 is 1.19 bits per heavy atom. The molecule has 0 aliphatic heterocycles. The van der Waals surface area contributed by atoms with E-state index in [4.69, 9.17) is 4.74 Å². The highest BCUT2D eigenvalue weighted by Crippen LogP contribution is 2.14. The first-order chi connectivity index (χ1) is 10.1. The van der Waals surface area contributed by atoms with Crippen molar-refractivity contribution >= 4 is 17.4 Å². The summed E-state index contributed by atoms with van der Waals surface area (Å²) in [7, 11) is 1.62. The first-order valence-corrected chi connectivity index (χ1v) is 6.62. The molecule has 21 heavy (non-hydrogen) atoms. The number of amides is 2. The topological polar surface area (TPSA) is 106 Å². The average Bonchev–Trinajstić information content (AvgIpc) is 2.48. The number of benzene rings is 1. The van der Waals surface area contributed by atoms with E-state index in [2.05, 4.69) is 16.0 Å². The second kappa shape index (κ2) is 9.54. The molecule has 0 unspecified atom stereocenters. The number of non-ortho nitro benzene ring substituents is 1. The predicted molar refractivity (Wildman–Crippen MR) is 79.5 cm³/mol. The molecule has 0 saturated heterocycles.